The lowest BCUT2D eigenvalue weighted by molar-refractivity contribution is 0.145. The van der Waals surface area contributed by atoms with E-state index in [1.807, 2.05) is 13.8 Å². The molecule has 0 saturated carbocycles. The second-order valence-electron chi connectivity index (χ2n) is 7.84. The monoisotopic (exact) mass is 513 g/mol. The van der Waals surface area contributed by atoms with Crippen LogP contribution in [0.3, 0.4) is 0 Å². The summed E-state index contributed by atoms with van der Waals surface area (Å²) in [7, 11) is -4.28. The number of carbonyl (C=O) groups is 1. The van der Waals surface area contributed by atoms with Crippen LogP contribution in [-0.2, 0) is 10.0 Å². The number of ether oxygens (including phenoxy) is 1. The molecule has 4 rings (SSSR count). The molecule has 2 aromatic carbocycles. The van der Waals surface area contributed by atoms with Crippen molar-refractivity contribution in [2.24, 2.45) is 0 Å². The Labute approximate surface area is 206 Å². The molecule has 0 spiro atoms. The number of likely N-dealkylation sites (N-methyl/N-ethyl adjacent to an activating group) is 1. The molecule has 0 unspecified atom stereocenters. The van der Waals surface area contributed by atoms with Crippen molar-refractivity contribution in [3.8, 4) is 5.75 Å². The topological polar surface area (TPSA) is 122 Å². The maximum Gasteiger partial charge on any atom is 0.511 e. The zero-order valence-corrected chi connectivity index (χ0v) is 20.4. The lowest BCUT2D eigenvalue weighted by atomic mass is 10.1. The van der Waals surface area contributed by atoms with Gasteiger partial charge in [0, 0.05) is 17.3 Å². The van der Waals surface area contributed by atoms with Crippen molar-refractivity contribution < 1.29 is 31.9 Å². The van der Waals surface area contributed by atoms with Gasteiger partial charge in [0.25, 0.3) is 10.0 Å². The molecule has 0 amide bonds. The first-order chi connectivity index (χ1) is 17.2. The highest BCUT2D eigenvalue weighted by atomic mass is 32.2. The first kappa shape index (κ1) is 25.1. The molecule has 2 N–H and O–H groups in total. The van der Waals surface area contributed by atoms with Crippen LogP contribution in [0.15, 0.2) is 64.2 Å². The van der Waals surface area contributed by atoms with E-state index in [0.717, 1.165) is 31.3 Å². The Morgan fingerprint density at radius 3 is 2.69 bits per heavy atom. The van der Waals surface area contributed by atoms with Gasteiger partial charge in [0.15, 0.2) is 11.3 Å². The Balaban J connectivity index is 1.76. The van der Waals surface area contributed by atoms with Gasteiger partial charge in [0.2, 0.25) is 0 Å². The van der Waals surface area contributed by atoms with Gasteiger partial charge in [-0.25, -0.2) is 22.6 Å². The fourth-order valence-electron chi connectivity index (χ4n) is 3.86. The van der Waals surface area contributed by atoms with Gasteiger partial charge in [-0.15, -0.1) is 0 Å². The Morgan fingerprint density at radius 2 is 1.97 bits per heavy atom. The fraction of sp³-hybridized carbons (Fsp3) is 0.200. The minimum atomic E-state index is -4.28. The van der Waals surface area contributed by atoms with E-state index in [1.165, 1.54) is 18.5 Å². The lowest BCUT2D eigenvalue weighted by Crippen LogP contribution is -2.22. The van der Waals surface area contributed by atoms with E-state index >= 15 is 0 Å². The summed E-state index contributed by atoms with van der Waals surface area (Å²) < 4.78 is 53.4. The average Bonchev–Trinajstić information content (AvgIpc) is 3.32. The zero-order valence-electron chi connectivity index (χ0n) is 19.6. The second-order valence-corrected chi connectivity index (χ2v) is 9.49. The largest absolute Gasteiger partial charge is 0.511 e. The van der Waals surface area contributed by atoms with Crippen LogP contribution in [0.2, 0.25) is 0 Å². The Kier molecular flexibility index (Phi) is 7.22. The third-order valence-corrected chi connectivity index (χ3v) is 7.12. The van der Waals surface area contributed by atoms with Gasteiger partial charge < -0.3 is 19.2 Å². The number of pyridine rings is 1. The quantitative estimate of drug-likeness (QED) is 0.227. The van der Waals surface area contributed by atoms with Gasteiger partial charge in [0.1, 0.15) is 11.3 Å². The predicted octanol–water partition coefficient (Wildman–Crippen LogP) is 5.33. The maximum atomic E-state index is 14.0. The highest BCUT2D eigenvalue weighted by Gasteiger charge is 2.23. The first-order valence-corrected chi connectivity index (χ1v) is 12.6. The summed E-state index contributed by atoms with van der Waals surface area (Å²) >= 11 is 0. The van der Waals surface area contributed by atoms with Crippen molar-refractivity contribution in [3.63, 3.8) is 0 Å². The predicted molar refractivity (Wildman–Crippen MR) is 134 cm³/mol. The van der Waals surface area contributed by atoms with Gasteiger partial charge in [-0.1, -0.05) is 26.0 Å². The molecule has 2 aromatic heterocycles. The molecule has 2 heterocycles. The van der Waals surface area contributed by atoms with E-state index in [2.05, 4.69) is 14.6 Å². The Morgan fingerprint density at radius 1 is 1.19 bits per heavy atom. The number of anilines is 1. The van der Waals surface area contributed by atoms with Crippen LogP contribution < -0.4 is 9.46 Å². The van der Waals surface area contributed by atoms with Crippen LogP contribution >= 0.6 is 0 Å². The van der Waals surface area contributed by atoms with E-state index in [4.69, 9.17) is 9.15 Å². The zero-order chi connectivity index (χ0) is 25.9. The maximum absolute atomic E-state index is 14.0. The molecule has 0 aliphatic heterocycles. The summed E-state index contributed by atoms with van der Waals surface area (Å²) in [5.41, 5.74) is 0.617. The molecule has 0 bridgehead atoms. The number of hydrogen-bond acceptors (Lipinski definition) is 7. The van der Waals surface area contributed by atoms with Crippen molar-refractivity contribution in [1.82, 2.24) is 9.88 Å². The molecule has 36 heavy (non-hydrogen) atoms. The highest BCUT2D eigenvalue weighted by molar-refractivity contribution is 7.92. The van der Waals surface area contributed by atoms with Crippen LogP contribution in [0.5, 0.6) is 5.75 Å². The van der Waals surface area contributed by atoms with Crippen LogP contribution in [0.25, 0.3) is 27.9 Å². The minimum Gasteiger partial charge on any atom is -0.463 e. The van der Waals surface area contributed by atoms with Crippen LogP contribution in [-0.4, -0.2) is 49.2 Å². The summed E-state index contributed by atoms with van der Waals surface area (Å²) in [5, 5.41) is 10.5. The molecule has 9 nitrogen and oxygen atoms in total. The van der Waals surface area contributed by atoms with Gasteiger partial charge in [-0.2, -0.15) is 0 Å². The number of sulfonamides is 1. The number of nitrogens with zero attached hydrogens (tertiary/aromatic N) is 2. The van der Waals surface area contributed by atoms with Crippen molar-refractivity contribution >= 4 is 49.8 Å². The minimum absolute atomic E-state index is 0.130. The van der Waals surface area contributed by atoms with Crippen LogP contribution in [0.4, 0.5) is 14.9 Å². The van der Waals surface area contributed by atoms with Crippen molar-refractivity contribution in [3.05, 3.63) is 66.3 Å². The molecule has 11 heteroatoms. The summed E-state index contributed by atoms with van der Waals surface area (Å²) in [6, 6.07) is 7.97. The standard InChI is InChI=1S/C25H24FN3O6S/c1-3-29(4-2)12-5-6-16-14-17(26)7-10-22(16)36(32,33)28-20-9-8-19-18-11-13-34-21(18)15-27-23(19)24(20)35-25(30)31/h5-11,13-15,28H,3-4,12H2,1-2H3,(H,30,31)/b6-5-. The highest BCUT2D eigenvalue weighted by Crippen LogP contribution is 2.37. The van der Waals surface area contributed by atoms with Gasteiger partial charge in [-0.05, 0) is 55.1 Å². The number of fused-ring (bicyclic) bond motifs is 3. The number of rotatable bonds is 9. The number of benzene rings is 2. The Hall–Kier alpha value is -3.96. The first-order valence-electron chi connectivity index (χ1n) is 11.1. The molecule has 0 fully saturated rings. The molecule has 0 atom stereocenters. The summed E-state index contributed by atoms with van der Waals surface area (Å²) in [6.07, 6.45) is 4.52. The van der Waals surface area contributed by atoms with Crippen molar-refractivity contribution in [2.45, 2.75) is 18.7 Å². The summed E-state index contributed by atoms with van der Waals surface area (Å²) in [4.78, 5) is 17.6. The van der Waals surface area contributed by atoms with Gasteiger partial charge >= 0.3 is 6.16 Å². The smallest absolute Gasteiger partial charge is 0.463 e. The van der Waals surface area contributed by atoms with E-state index in [0.29, 0.717) is 22.9 Å². The summed E-state index contributed by atoms with van der Waals surface area (Å²) in [6.45, 7) is 6.19. The normalized spacial score (nSPS) is 12.1. The number of aromatic nitrogens is 1. The number of carboxylic acid groups (broad SMARTS) is 1. The Bertz CT molecular complexity index is 1560. The average molecular weight is 514 g/mol. The molecule has 0 aliphatic carbocycles. The van der Waals surface area contributed by atoms with Gasteiger partial charge in [0.05, 0.1) is 23.0 Å². The van der Waals surface area contributed by atoms with Crippen LogP contribution in [0, 0.1) is 5.82 Å². The third-order valence-electron chi connectivity index (χ3n) is 5.68. The molecule has 188 valence electrons. The van der Waals surface area contributed by atoms with E-state index < -0.39 is 22.0 Å². The molecule has 0 saturated heterocycles. The molecule has 4 aromatic rings. The molecular formula is C25H24FN3O6S. The van der Waals surface area contributed by atoms with Gasteiger partial charge in [-0.3, -0.25) is 4.72 Å². The molecule has 0 aliphatic rings. The fourth-order valence-corrected chi connectivity index (χ4v) is 5.10. The number of hydrogen-bond donors (Lipinski definition) is 2. The van der Waals surface area contributed by atoms with Crippen molar-refractivity contribution in [2.75, 3.05) is 24.4 Å². The van der Waals surface area contributed by atoms with E-state index in [-0.39, 0.29) is 27.4 Å². The molecular weight excluding hydrogens is 489 g/mol. The van der Waals surface area contributed by atoms with E-state index in [1.54, 1.807) is 24.3 Å². The lowest BCUT2D eigenvalue weighted by Gasteiger charge is -2.16. The second kappa shape index (κ2) is 10.3. The number of nitrogens with one attached hydrogen (secondary N) is 1. The van der Waals surface area contributed by atoms with Crippen molar-refractivity contribution in [1.29, 1.82) is 0 Å². The third kappa shape index (κ3) is 5.16. The number of furan rings is 1. The van der Waals surface area contributed by atoms with E-state index in [9.17, 15) is 22.7 Å². The molecule has 0 radical (unpaired) electrons. The number of halogens is 1. The van der Waals surface area contributed by atoms with Crippen LogP contribution in [0.1, 0.15) is 19.4 Å². The SMILES string of the molecule is CCN(CC)C/C=C\c1cc(F)ccc1S(=O)(=O)Nc1ccc2c(ncc3occc32)c1OC(=O)O. The summed E-state index contributed by atoms with van der Waals surface area (Å²) in [5.74, 6) is -0.877.